The summed E-state index contributed by atoms with van der Waals surface area (Å²) in [5.41, 5.74) is 0.909. The monoisotopic (exact) mass is 230 g/mol. The van der Waals surface area contributed by atoms with Crippen LogP contribution in [0.1, 0.15) is 32.6 Å². The number of pyridine rings is 1. The zero-order valence-electron chi connectivity index (χ0n) is 10.1. The van der Waals surface area contributed by atoms with Crippen LogP contribution in [0.5, 0.6) is 0 Å². The Kier molecular flexibility index (Phi) is 2.75. The molecule has 0 aromatic carbocycles. The summed E-state index contributed by atoms with van der Waals surface area (Å²) < 4.78 is 5.39. The number of anilines is 1. The van der Waals surface area contributed by atoms with Crippen LogP contribution < -0.4 is 5.32 Å². The number of furan rings is 1. The Hall–Kier alpha value is -1.51. The highest BCUT2D eigenvalue weighted by molar-refractivity contribution is 5.87. The lowest BCUT2D eigenvalue weighted by Gasteiger charge is -2.27. The molecular weight excluding hydrogens is 212 g/mol. The Balaban J connectivity index is 1.82. The molecule has 2 heterocycles. The number of fused-ring (bicyclic) bond motifs is 1. The first-order valence-corrected chi connectivity index (χ1v) is 6.41. The van der Waals surface area contributed by atoms with E-state index >= 15 is 0 Å². The molecule has 1 N–H and O–H groups in total. The van der Waals surface area contributed by atoms with Gasteiger partial charge in [-0.25, -0.2) is 4.98 Å². The maximum Gasteiger partial charge on any atom is 0.139 e. The normalized spacial score (nSPS) is 25.0. The Morgan fingerprint density at radius 2 is 2.29 bits per heavy atom. The fourth-order valence-electron chi connectivity index (χ4n) is 2.77. The standard InChI is InChI=1S/C14H18N2O/c1-10-3-2-4-11(9-10)16-14-12-6-8-17-13(12)5-7-15-14/h5-8,10-11H,2-4,9H2,1H3,(H,15,16). The predicted molar refractivity (Wildman–Crippen MR) is 69.1 cm³/mol. The predicted octanol–water partition coefficient (Wildman–Crippen LogP) is 3.82. The molecule has 1 saturated carbocycles. The number of hydrogen-bond donors (Lipinski definition) is 1. The lowest BCUT2D eigenvalue weighted by molar-refractivity contribution is 0.358. The number of aromatic nitrogens is 1. The SMILES string of the molecule is CC1CCCC(Nc2nccc3occc23)C1. The summed E-state index contributed by atoms with van der Waals surface area (Å²) in [5.74, 6) is 1.79. The van der Waals surface area contributed by atoms with E-state index in [1.807, 2.05) is 12.1 Å². The van der Waals surface area contributed by atoms with Crippen LogP contribution in [-0.2, 0) is 0 Å². The highest BCUT2D eigenvalue weighted by Gasteiger charge is 2.19. The second-order valence-corrected chi connectivity index (χ2v) is 5.11. The minimum Gasteiger partial charge on any atom is -0.464 e. The van der Waals surface area contributed by atoms with Gasteiger partial charge in [0.1, 0.15) is 11.4 Å². The lowest BCUT2D eigenvalue weighted by Crippen LogP contribution is -2.26. The molecule has 2 unspecified atom stereocenters. The number of nitrogens with zero attached hydrogens (tertiary/aromatic N) is 1. The molecule has 3 heteroatoms. The molecule has 0 saturated heterocycles. The van der Waals surface area contributed by atoms with Crippen molar-refractivity contribution >= 4 is 16.8 Å². The van der Waals surface area contributed by atoms with Crippen LogP contribution in [0.4, 0.5) is 5.82 Å². The summed E-state index contributed by atoms with van der Waals surface area (Å²) in [4.78, 5) is 4.43. The maximum atomic E-state index is 5.39. The van der Waals surface area contributed by atoms with Crippen molar-refractivity contribution in [1.29, 1.82) is 0 Å². The Morgan fingerprint density at radius 3 is 3.18 bits per heavy atom. The lowest BCUT2D eigenvalue weighted by atomic mass is 9.87. The summed E-state index contributed by atoms with van der Waals surface area (Å²) >= 11 is 0. The molecule has 0 aliphatic heterocycles. The molecule has 0 bridgehead atoms. The fraction of sp³-hybridized carbons (Fsp3) is 0.500. The van der Waals surface area contributed by atoms with Gasteiger partial charge < -0.3 is 9.73 Å². The van der Waals surface area contributed by atoms with Crippen molar-refractivity contribution in [3.63, 3.8) is 0 Å². The average molecular weight is 230 g/mol. The van der Waals surface area contributed by atoms with Crippen LogP contribution in [-0.4, -0.2) is 11.0 Å². The number of nitrogens with one attached hydrogen (secondary N) is 1. The van der Waals surface area contributed by atoms with Crippen molar-refractivity contribution in [2.45, 2.75) is 38.6 Å². The van der Waals surface area contributed by atoms with Crippen LogP contribution in [0.15, 0.2) is 29.0 Å². The largest absolute Gasteiger partial charge is 0.464 e. The van der Waals surface area contributed by atoms with Crippen molar-refractivity contribution in [3.05, 3.63) is 24.6 Å². The van der Waals surface area contributed by atoms with Gasteiger partial charge in [-0.3, -0.25) is 0 Å². The molecule has 2 aromatic rings. The van der Waals surface area contributed by atoms with Crippen molar-refractivity contribution in [2.24, 2.45) is 5.92 Å². The molecule has 1 aliphatic carbocycles. The first-order chi connectivity index (χ1) is 8.33. The van der Waals surface area contributed by atoms with Gasteiger partial charge >= 0.3 is 0 Å². The molecule has 0 radical (unpaired) electrons. The van der Waals surface area contributed by atoms with Gasteiger partial charge in [0.15, 0.2) is 0 Å². The minimum atomic E-state index is 0.562. The second kappa shape index (κ2) is 4.40. The van der Waals surface area contributed by atoms with Crippen LogP contribution in [0.2, 0.25) is 0 Å². The molecule has 2 atom stereocenters. The van der Waals surface area contributed by atoms with Gasteiger partial charge in [0.05, 0.1) is 11.6 Å². The Bertz CT molecular complexity index is 506. The van der Waals surface area contributed by atoms with Crippen molar-refractivity contribution in [1.82, 2.24) is 4.98 Å². The van der Waals surface area contributed by atoms with Crippen molar-refractivity contribution in [2.75, 3.05) is 5.32 Å². The quantitative estimate of drug-likeness (QED) is 0.852. The van der Waals surface area contributed by atoms with E-state index in [1.54, 1.807) is 12.5 Å². The molecule has 3 nitrogen and oxygen atoms in total. The van der Waals surface area contributed by atoms with Gasteiger partial charge in [-0.15, -0.1) is 0 Å². The van der Waals surface area contributed by atoms with Gasteiger partial charge in [-0.2, -0.15) is 0 Å². The summed E-state index contributed by atoms with van der Waals surface area (Å²) in [5, 5.41) is 4.66. The maximum absolute atomic E-state index is 5.39. The van der Waals surface area contributed by atoms with Crippen LogP contribution in [0.25, 0.3) is 11.0 Å². The van der Waals surface area contributed by atoms with E-state index in [-0.39, 0.29) is 0 Å². The topological polar surface area (TPSA) is 38.1 Å². The highest BCUT2D eigenvalue weighted by Crippen LogP contribution is 2.28. The summed E-state index contributed by atoms with van der Waals surface area (Å²) in [6.45, 7) is 2.33. The van der Waals surface area contributed by atoms with E-state index in [0.717, 1.165) is 22.7 Å². The molecule has 0 spiro atoms. The third-order valence-electron chi connectivity index (χ3n) is 3.66. The third-order valence-corrected chi connectivity index (χ3v) is 3.66. The zero-order chi connectivity index (χ0) is 11.7. The highest BCUT2D eigenvalue weighted by atomic mass is 16.3. The molecular formula is C14H18N2O. The molecule has 1 aliphatic rings. The van der Waals surface area contributed by atoms with Gasteiger partial charge in [0.2, 0.25) is 0 Å². The molecule has 0 amide bonds. The van der Waals surface area contributed by atoms with Crippen molar-refractivity contribution in [3.8, 4) is 0 Å². The molecule has 3 rings (SSSR count). The third kappa shape index (κ3) is 2.14. The Morgan fingerprint density at radius 1 is 1.35 bits per heavy atom. The van der Waals surface area contributed by atoms with Gasteiger partial charge in [-0.1, -0.05) is 19.8 Å². The molecule has 90 valence electrons. The summed E-state index contributed by atoms with van der Waals surface area (Å²) in [6.07, 6.45) is 8.71. The number of rotatable bonds is 2. The second-order valence-electron chi connectivity index (χ2n) is 5.11. The van der Waals surface area contributed by atoms with Crippen molar-refractivity contribution < 1.29 is 4.42 Å². The van der Waals surface area contributed by atoms with E-state index < -0.39 is 0 Å². The Labute approximate surface area is 101 Å². The van der Waals surface area contributed by atoms with E-state index in [9.17, 15) is 0 Å². The smallest absolute Gasteiger partial charge is 0.139 e. The van der Waals surface area contributed by atoms with E-state index in [4.69, 9.17) is 4.42 Å². The van der Waals surface area contributed by atoms with Gasteiger partial charge in [0, 0.05) is 12.2 Å². The molecule has 1 fully saturated rings. The summed E-state index contributed by atoms with van der Waals surface area (Å²) in [7, 11) is 0. The zero-order valence-corrected chi connectivity index (χ0v) is 10.1. The van der Waals surface area contributed by atoms with Gasteiger partial charge in [-0.05, 0) is 30.9 Å². The average Bonchev–Trinajstić information content (AvgIpc) is 2.78. The van der Waals surface area contributed by atoms with E-state index in [1.165, 1.54) is 25.7 Å². The molecule has 2 aromatic heterocycles. The number of hydrogen-bond acceptors (Lipinski definition) is 3. The van der Waals surface area contributed by atoms with E-state index in [2.05, 4.69) is 17.2 Å². The van der Waals surface area contributed by atoms with Crippen LogP contribution in [0.3, 0.4) is 0 Å². The van der Waals surface area contributed by atoms with E-state index in [0.29, 0.717) is 6.04 Å². The first kappa shape index (κ1) is 10.6. The minimum absolute atomic E-state index is 0.562. The fourth-order valence-corrected chi connectivity index (χ4v) is 2.77. The molecule has 17 heavy (non-hydrogen) atoms. The van der Waals surface area contributed by atoms with Crippen LogP contribution >= 0.6 is 0 Å². The summed E-state index contributed by atoms with van der Waals surface area (Å²) in [6, 6.07) is 4.45. The van der Waals surface area contributed by atoms with Crippen LogP contribution in [0, 0.1) is 5.92 Å². The first-order valence-electron chi connectivity index (χ1n) is 6.41. The van der Waals surface area contributed by atoms with Gasteiger partial charge in [0.25, 0.3) is 0 Å².